The van der Waals surface area contributed by atoms with Crippen molar-refractivity contribution < 1.29 is 42.9 Å². The van der Waals surface area contributed by atoms with Gasteiger partial charge in [0.25, 0.3) is 0 Å². The average molecular weight is 890 g/mol. The summed E-state index contributed by atoms with van der Waals surface area (Å²) in [6.45, 7) is 8.34. The summed E-state index contributed by atoms with van der Waals surface area (Å²) < 4.78 is 27.4. The van der Waals surface area contributed by atoms with Gasteiger partial charge in [-0.15, -0.1) is 0 Å². The number of H-pyrrole nitrogens is 1. The van der Waals surface area contributed by atoms with Gasteiger partial charge >= 0.3 is 12.2 Å². The maximum absolute atomic E-state index is 14.5. The zero-order valence-corrected chi connectivity index (χ0v) is 38.0. The van der Waals surface area contributed by atoms with E-state index in [1.807, 2.05) is 36.8 Å². The van der Waals surface area contributed by atoms with Crippen LogP contribution < -0.4 is 15.4 Å². The molecule has 6 atom stereocenters. The van der Waals surface area contributed by atoms with Crippen LogP contribution in [0.25, 0.3) is 33.2 Å². The third-order valence-corrected chi connectivity index (χ3v) is 14.1. The molecular formula is C49H59N7O9. The lowest BCUT2D eigenvalue weighted by Crippen LogP contribution is -2.55. The van der Waals surface area contributed by atoms with Crippen LogP contribution in [0.3, 0.4) is 0 Å². The molecule has 0 saturated carbocycles. The van der Waals surface area contributed by atoms with Crippen LogP contribution in [0, 0.1) is 17.8 Å². The molecule has 0 bridgehead atoms. The SMILES string of the molecule is COC[C@H]1C[C@@H](C2=Nc3ccc4cc5c(cc4c3C2)OCc2cc(-c3cnc([C@@H]4CC[C@H](C)N4C(=O)[C@@H](NC(=O)OC)C(C)C)[nH]3)ccc2-5)N(C(=O)[C@@H](NC(=O)OC)C2CCOCC2)C1. The Morgan fingerprint density at radius 2 is 1.69 bits per heavy atom. The Labute approximate surface area is 378 Å². The van der Waals surface area contributed by atoms with Crippen molar-refractivity contribution >= 4 is 46.2 Å². The summed E-state index contributed by atoms with van der Waals surface area (Å²) in [5, 5.41) is 7.74. The number of carbonyl (C=O) groups excluding carboxylic acids is 4. The summed E-state index contributed by atoms with van der Waals surface area (Å²) in [7, 11) is 4.29. The summed E-state index contributed by atoms with van der Waals surface area (Å²) in [6, 6.07) is 12.9. The van der Waals surface area contributed by atoms with Crippen LogP contribution in [0.1, 0.15) is 75.9 Å². The van der Waals surface area contributed by atoms with E-state index in [9.17, 15) is 19.2 Å². The van der Waals surface area contributed by atoms with Crippen LogP contribution in [0.5, 0.6) is 5.75 Å². The molecule has 1 aromatic heterocycles. The number of benzene rings is 3. The van der Waals surface area contributed by atoms with E-state index in [4.69, 9.17) is 33.7 Å². The zero-order valence-electron chi connectivity index (χ0n) is 38.0. The molecule has 65 heavy (non-hydrogen) atoms. The number of hydrogen-bond donors (Lipinski definition) is 3. The van der Waals surface area contributed by atoms with E-state index in [0.717, 1.165) is 74.3 Å². The highest BCUT2D eigenvalue weighted by Crippen LogP contribution is 2.45. The van der Waals surface area contributed by atoms with Crippen molar-refractivity contribution in [3.05, 3.63) is 65.6 Å². The highest BCUT2D eigenvalue weighted by atomic mass is 16.5. The molecule has 3 fully saturated rings. The molecule has 16 heteroatoms. The number of aromatic nitrogens is 2. The largest absolute Gasteiger partial charge is 0.488 e. The van der Waals surface area contributed by atoms with E-state index in [-0.39, 0.29) is 47.7 Å². The second-order valence-electron chi connectivity index (χ2n) is 18.4. The number of fused-ring (bicyclic) bond motifs is 6. The molecular weight excluding hydrogens is 831 g/mol. The van der Waals surface area contributed by atoms with Crippen molar-refractivity contribution in [3.8, 4) is 28.1 Å². The number of aromatic amines is 1. The minimum absolute atomic E-state index is 0.0184. The average Bonchev–Trinajstić information content (AvgIpc) is 4.15. The van der Waals surface area contributed by atoms with Crippen LogP contribution in [-0.4, -0.2) is 121 Å². The number of alkyl carbamates (subject to hydrolysis) is 2. The fourth-order valence-corrected chi connectivity index (χ4v) is 10.7. The number of rotatable bonds is 11. The quantitative estimate of drug-likeness (QED) is 0.144. The molecule has 0 spiro atoms. The topological polar surface area (TPSA) is 186 Å². The number of hydrogen-bond acceptors (Lipinski definition) is 11. The normalized spacial score (nSPS) is 22.4. The van der Waals surface area contributed by atoms with Gasteiger partial charge in [-0.3, -0.25) is 14.6 Å². The number of amides is 4. The molecule has 3 N–H and O–H groups in total. The van der Waals surface area contributed by atoms with E-state index in [1.54, 1.807) is 7.11 Å². The van der Waals surface area contributed by atoms with Crippen LogP contribution in [0.2, 0.25) is 0 Å². The third kappa shape index (κ3) is 8.53. The molecule has 4 aromatic rings. The van der Waals surface area contributed by atoms with Gasteiger partial charge in [0.05, 0.1) is 50.5 Å². The molecule has 16 nitrogen and oxygen atoms in total. The Kier molecular flexibility index (Phi) is 12.6. The van der Waals surface area contributed by atoms with E-state index < -0.39 is 24.3 Å². The highest BCUT2D eigenvalue weighted by molar-refractivity contribution is 6.06. The van der Waals surface area contributed by atoms with Gasteiger partial charge in [0.2, 0.25) is 11.8 Å². The van der Waals surface area contributed by atoms with Gasteiger partial charge in [-0.25, -0.2) is 14.6 Å². The zero-order chi connectivity index (χ0) is 45.5. The minimum Gasteiger partial charge on any atom is -0.488 e. The smallest absolute Gasteiger partial charge is 0.407 e. The second-order valence-corrected chi connectivity index (χ2v) is 18.4. The maximum atomic E-state index is 14.5. The number of methoxy groups -OCH3 is 3. The van der Waals surface area contributed by atoms with Crippen molar-refractivity contribution in [2.45, 2.75) is 96.1 Å². The summed E-state index contributed by atoms with van der Waals surface area (Å²) in [5.74, 6) is 1.16. The number of carbonyl (C=O) groups is 4. The molecule has 4 amide bonds. The predicted molar refractivity (Wildman–Crippen MR) is 243 cm³/mol. The number of ether oxygens (including phenoxy) is 5. The molecule has 5 aliphatic rings. The first-order chi connectivity index (χ1) is 31.5. The molecule has 9 rings (SSSR count). The number of aliphatic imine (C=N–C) groups is 1. The van der Waals surface area contributed by atoms with Crippen molar-refractivity contribution in [2.24, 2.45) is 22.7 Å². The first-order valence-electron chi connectivity index (χ1n) is 22.8. The van der Waals surface area contributed by atoms with Gasteiger partial charge in [-0.2, -0.15) is 0 Å². The molecule has 344 valence electrons. The van der Waals surface area contributed by atoms with Crippen LogP contribution in [0.4, 0.5) is 15.3 Å². The predicted octanol–water partition coefficient (Wildman–Crippen LogP) is 6.87. The fraction of sp³-hybridized carbons (Fsp3) is 0.510. The molecule has 0 aliphatic carbocycles. The first-order valence-corrected chi connectivity index (χ1v) is 22.8. The first kappa shape index (κ1) is 44.2. The van der Waals surface area contributed by atoms with Crippen molar-refractivity contribution in [3.63, 3.8) is 0 Å². The fourth-order valence-electron chi connectivity index (χ4n) is 10.7. The Balaban J connectivity index is 0.941. The Morgan fingerprint density at radius 1 is 0.908 bits per heavy atom. The monoisotopic (exact) mass is 889 g/mol. The molecule has 3 saturated heterocycles. The summed E-state index contributed by atoms with van der Waals surface area (Å²) in [6.07, 6.45) is 4.79. The van der Waals surface area contributed by atoms with Gasteiger partial charge < -0.3 is 49.1 Å². The third-order valence-electron chi connectivity index (χ3n) is 14.1. The van der Waals surface area contributed by atoms with Crippen LogP contribution >= 0.6 is 0 Å². The standard InChI is InChI=1S/C49H59N7O9/c1-26(2)43(53-48(59)62-5)47(58)56-27(3)7-12-40(56)45-50-22-39(52-45)31-8-10-33-32(18-31)25-65-42-21-34-30(19-36(33)42)9-11-37-35(34)20-38(51-37)41-17-28(24-61-4)23-55(41)46(57)44(54-49(60)63-6)29-13-15-64-16-14-29/h8-11,18-19,21-22,26-29,40-41,43-44H,7,12-17,20,23-25H2,1-6H3,(H,50,52)(H,53,59)(H,54,60)/t27-,28-,40-,41-,43-,44-/m0/s1. The Bertz CT molecular complexity index is 2510. The van der Waals surface area contributed by atoms with Gasteiger partial charge in [0.1, 0.15) is 30.3 Å². The molecule has 6 heterocycles. The van der Waals surface area contributed by atoms with Gasteiger partial charge in [-0.1, -0.05) is 32.0 Å². The lowest BCUT2D eigenvalue weighted by molar-refractivity contribution is -0.137. The van der Waals surface area contributed by atoms with Gasteiger partial charge in [0.15, 0.2) is 0 Å². The number of nitrogens with one attached hydrogen (secondary N) is 3. The molecule has 5 aliphatic heterocycles. The molecule has 0 radical (unpaired) electrons. The Hall–Kier alpha value is -6.00. The van der Waals surface area contributed by atoms with E-state index >= 15 is 0 Å². The van der Waals surface area contributed by atoms with Crippen molar-refractivity contribution in [1.82, 2.24) is 30.4 Å². The van der Waals surface area contributed by atoms with Gasteiger partial charge in [-0.05, 0) is 108 Å². The minimum atomic E-state index is -0.731. The lowest BCUT2D eigenvalue weighted by Gasteiger charge is -2.34. The Morgan fingerprint density at radius 3 is 2.45 bits per heavy atom. The van der Waals surface area contributed by atoms with Gasteiger partial charge in [0, 0.05) is 56.5 Å². The number of likely N-dealkylation sites (tertiary alicyclic amines) is 2. The van der Waals surface area contributed by atoms with E-state index in [1.165, 1.54) is 14.2 Å². The summed E-state index contributed by atoms with van der Waals surface area (Å²) >= 11 is 0. The van der Waals surface area contributed by atoms with Crippen LogP contribution in [0.15, 0.2) is 53.7 Å². The van der Waals surface area contributed by atoms with Crippen LogP contribution in [-0.2, 0) is 41.6 Å². The van der Waals surface area contributed by atoms with Crippen molar-refractivity contribution in [2.75, 3.05) is 47.7 Å². The number of nitrogens with zero attached hydrogens (tertiary/aromatic N) is 4. The lowest BCUT2D eigenvalue weighted by atomic mass is 9.90. The summed E-state index contributed by atoms with van der Waals surface area (Å²) in [4.78, 5) is 70.3. The van der Waals surface area contributed by atoms with Crippen molar-refractivity contribution in [1.29, 1.82) is 0 Å². The maximum Gasteiger partial charge on any atom is 0.407 e. The summed E-state index contributed by atoms with van der Waals surface area (Å²) in [5.41, 5.74) is 7.88. The second kappa shape index (κ2) is 18.5. The highest BCUT2D eigenvalue weighted by Gasteiger charge is 2.45. The molecule has 3 aromatic carbocycles. The number of imidazole rings is 1. The van der Waals surface area contributed by atoms with E-state index in [2.05, 4.69) is 58.1 Å². The molecule has 0 unspecified atom stereocenters. The van der Waals surface area contributed by atoms with E-state index in [0.29, 0.717) is 64.5 Å².